The first kappa shape index (κ1) is 10.5. The van der Waals surface area contributed by atoms with Crippen LogP contribution in [0.4, 0.5) is 5.00 Å². The summed E-state index contributed by atoms with van der Waals surface area (Å²) in [5, 5.41) is 12.1. The van der Waals surface area contributed by atoms with Crippen LogP contribution < -0.4 is 11.1 Å². The average molecular weight is 221 g/mol. The first-order chi connectivity index (χ1) is 6.13. The van der Waals surface area contributed by atoms with E-state index in [0.717, 1.165) is 0 Å². The van der Waals surface area contributed by atoms with Crippen molar-refractivity contribution >= 4 is 33.8 Å². The second-order valence-electron chi connectivity index (χ2n) is 2.34. The zero-order valence-electron chi connectivity index (χ0n) is 6.66. The number of carbonyl (C=O) groups is 1. The Bertz CT molecular complexity index is 302. The average Bonchev–Trinajstić information content (AvgIpc) is 2.49. The molecule has 0 fully saturated rings. The van der Waals surface area contributed by atoms with Gasteiger partial charge in [-0.25, -0.2) is 0 Å². The van der Waals surface area contributed by atoms with Crippen molar-refractivity contribution in [3.63, 3.8) is 0 Å². The first-order valence-electron chi connectivity index (χ1n) is 3.58. The zero-order valence-corrected chi connectivity index (χ0v) is 8.23. The molecule has 0 aliphatic rings. The lowest BCUT2D eigenvalue weighted by atomic mass is 10.3. The number of rotatable bonds is 3. The number of halogens is 1. The van der Waals surface area contributed by atoms with Gasteiger partial charge >= 0.3 is 0 Å². The maximum Gasteiger partial charge on any atom is 0.255 e. The molecule has 6 heteroatoms. The highest BCUT2D eigenvalue weighted by atomic mass is 35.5. The van der Waals surface area contributed by atoms with Crippen molar-refractivity contribution in [3.8, 4) is 0 Å². The fourth-order valence-corrected chi connectivity index (χ4v) is 1.64. The summed E-state index contributed by atoms with van der Waals surface area (Å²) in [6.07, 6.45) is -1.17. The number of anilines is 1. The third-order valence-corrected chi connectivity index (χ3v) is 2.49. The van der Waals surface area contributed by atoms with E-state index in [1.54, 1.807) is 12.1 Å². The molecule has 4 nitrogen and oxygen atoms in total. The predicted molar refractivity (Wildman–Crippen MR) is 53.0 cm³/mol. The lowest BCUT2D eigenvalue weighted by Gasteiger charge is -2.06. The molecule has 0 bridgehead atoms. The standard InChI is InChI=1S/C7H9ClN2O2S/c8-5-1-2-6(13-5)10-7(12)4(11)3-9/h1-2,4,11H,3,9H2,(H,10,12). The van der Waals surface area contributed by atoms with Crippen molar-refractivity contribution in [2.75, 3.05) is 11.9 Å². The number of carbonyl (C=O) groups excluding carboxylic acids is 1. The van der Waals surface area contributed by atoms with E-state index < -0.39 is 12.0 Å². The van der Waals surface area contributed by atoms with E-state index in [1.807, 2.05) is 0 Å². The van der Waals surface area contributed by atoms with Crippen LogP contribution in [0.3, 0.4) is 0 Å². The Morgan fingerprint density at radius 2 is 2.46 bits per heavy atom. The van der Waals surface area contributed by atoms with E-state index in [4.69, 9.17) is 22.4 Å². The van der Waals surface area contributed by atoms with Crippen LogP contribution in [-0.2, 0) is 4.79 Å². The minimum absolute atomic E-state index is 0.0923. The molecule has 13 heavy (non-hydrogen) atoms. The number of thiophene rings is 1. The molecule has 0 aromatic carbocycles. The molecule has 1 aromatic heterocycles. The summed E-state index contributed by atoms with van der Waals surface area (Å²) in [5.74, 6) is -0.513. The van der Waals surface area contributed by atoms with Crippen LogP contribution in [0, 0.1) is 0 Å². The first-order valence-corrected chi connectivity index (χ1v) is 4.77. The molecule has 0 aliphatic heterocycles. The maximum absolute atomic E-state index is 11.1. The van der Waals surface area contributed by atoms with E-state index in [1.165, 1.54) is 11.3 Å². The summed E-state index contributed by atoms with van der Waals surface area (Å²) in [7, 11) is 0. The van der Waals surface area contributed by atoms with Gasteiger partial charge in [-0.2, -0.15) is 0 Å². The van der Waals surface area contributed by atoms with Crippen molar-refractivity contribution in [2.24, 2.45) is 5.73 Å². The van der Waals surface area contributed by atoms with Crippen LogP contribution in [0.1, 0.15) is 0 Å². The van der Waals surface area contributed by atoms with Crippen LogP contribution in [0.15, 0.2) is 12.1 Å². The van der Waals surface area contributed by atoms with Crippen molar-refractivity contribution < 1.29 is 9.90 Å². The monoisotopic (exact) mass is 220 g/mol. The van der Waals surface area contributed by atoms with Crippen LogP contribution in [0.2, 0.25) is 4.34 Å². The van der Waals surface area contributed by atoms with Gasteiger partial charge in [-0.1, -0.05) is 11.6 Å². The van der Waals surface area contributed by atoms with Gasteiger partial charge in [-0.05, 0) is 12.1 Å². The zero-order chi connectivity index (χ0) is 9.84. The smallest absolute Gasteiger partial charge is 0.255 e. The molecule has 0 spiro atoms. The molecule has 1 amide bonds. The third kappa shape index (κ3) is 2.96. The number of aliphatic hydroxyl groups is 1. The summed E-state index contributed by atoms with van der Waals surface area (Å²) in [4.78, 5) is 11.1. The minimum atomic E-state index is -1.17. The Morgan fingerprint density at radius 1 is 1.77 bits per heavy atom. The van der Waals surface area contributed by atoms with Crippen molar-refractivity contribution in [1.82, 2.24) is 0 Å². The maximum atomic E-state index is 11.1. The molecule has 1 heterocycles. The molecule has 0 aliphatic carbocycles. The molecule has 4 N–H and O–H groups in total. The lowest BCUT2D eigenvalue weighted by molar-refractivity contribution is -0.123. The fraction of sp³-hybridized carbons (Fsp3) is 0.286. The Morgan fingerprint density at radius 3 is 2.92 bits per heavy atom. The molecule has 1 aromatic rings. The number of nitrogens with two attached hydrogens (primary N) is 1. The van der Waals surface area contributed by atoms with E-state index in [2.05, 4.69) is 5.32 Å². The Kier molecular flexibility index (Phi) is 3.68. The number of aliphatic hydroxyl groups excluding tert-OH is 1. The quantitative estimate of drug-likeness (QED) is 0.701. The Labute approximate surface area is 84.3 Å². The normalized spacial score (nSPS) is 12.5. The van der Waals surface area contributed by atoms with Gasteiger partial charge in [0.1, 0.15) is 6.10 Å². The Balaban J connectivity index is 2.54. The van der Waals surface area contributed by atoms with E-state index in [9.17, 15) is 4.79 Å². The van der Waals surface area contributed by atoms with Gasteiger partial charge in [0.15, 0.2) is 0 Å². The highest BCUT2D eigenvalue weighted by molar-refractivity contribution is 7.20. The van der Waals surface area contributed by atoms with Gasteiger partial charge in [-0.3, -0.25) is 4.79 Å². The number of nitrogens with one attached hydrogen (secondary N) is 1. The van der Waals surface area contributed by atoms with Gasteiger partial charge in [0.05, 0.1) is 9.34 Å². The molecule has 1 atom stereocenters. The largest absolute Gasteiger partial charge is 0.382 e. The summed E-state index contributed by atoms with van der Waals surface area (Å²) < 4.78 is 0.581. The minimum Gasteiger partial charge on any atom is -0.382 e. The van der Waals surface area contributed by atoms with Crippen LogP contribution in [0.5, 0.6) is 0 Å². The van der Waals surface area contributed by atoms with Crippen LogP contribution in [-0.4, -0.2) is 23.7 Å². The number of hydrogen-bond acceptors (Lipinski definition) is 4. The molecule has 1 unspecified atom stereocenters. The van der Waals surface area contributed by atoms with Crippen molar-refractivity contribution in [3.05, 3.63) is 16.5 Å². The topological polar surface area (TPSA) is 75.3 Å². The molecule has 1 rings (SSSR count). The summed E-state index contributed by atoms with van der Waals surface area (Å²) in [5.41, 5.74) is 5.10. The number of hydrogen-bond donors (Lipinski definition) is 3. The third-order valence-electron chi connectivity index (χ3n) is 1.35. The fourth-order valence-electron chi connectivity index (χ4n) is 0.693. The van der Waals surface area contributed by atoms with Crippen molar-refractivity contribution in [1.29, 1.82) is 0 Å². The van der Waals surface area contributed by atoms with Gasteiger partial charge < -0.3 is 16.2 Å². The SMILES string of the molecule is NCC(O)C(=O)Nc1ccc(Cl)s1. The second kappa shape index (κ2) is 4.57. The van der Waals surface area contributed by atoms with Gasteiger partial charge in [-0.15, -0.1) is 11.3 Å². The lowest BCUT2D eigenvalue weighted by Crippen LogP contribution is -2.33. The highest BCUT2D eigenvalue weighted by Gasteiger charge is 2.13. The molecular weight excluding hydrogens is 212 g/mol. The molecule has 0 saturated carbocycles. The van der Waals surface area contributed by atoms with Gasteiger partial charge in [0.25, 0.3) is 5.91 Å². The van der Waals surface area contributed by atoms with E-state index >= 15 is 0 Å². The number of amides is 1. The van der Waals surface area contributed by atoms with E-state index in [0.29, 0.717) is 9.34 Å². The summed E-state index contributed by atoms with van der Waals surface area (Å²) in [6, 6.07) is 3.32. The van der Waals surface area contributed by atoms with Gasteiger partial charge in [0.2, 0.25) is 0 Å². The Hall–Kier alpha value is -0.620. The predicted octanol–water partition coefficient (Wildman–Crippen LogP) is 0.660. The molecule has 72 valence electrons. The molecule has 0 radical (unpaired) electrons. The summed E-state index contributed by atoms with van der Waals surface area (Å²) in [6.45, 7) is -0.0923. The highest BCUT2D eigenvalue weighted by Crippen LogP contribution is 2.25. The van der Waals surface area contributed by atoms with Crippen LogP contribution in [0.25, 0.3) is 0 Å². The van der Waals surface area contributed by atoms with Crippen LogP contribution >= 0.6 is 22.9 Å². The molecule has 0 saturated heterocycles. The second-order valence-corrected chi connectivity index (χ2v) is 4.06. The van der Waals surface area contributed by atoms with Gasteiger partial charge in [0, 0.05) is 6.54 Å². The van der Waals surface area contributed by atoms with Crippen molar-refractivity contribution in [2.45, 2.75) is 6.10 Å². The summed E-state index contributed by atoms with van der Waals surface area (Å²) >= 11 is 6.86. The van der Waals surface area contributed by atoms with E-state index in [-0.39, 0.29) is 6.54 Å². The molecular formula is C7H9ClN2O2S.